The molecule has 1 aromatic rings. The molecular weight excluding hydrogens is 191 g/mol. The van der Waals surface area contributed by atoms with Gasteiger partial charge in [-0.25, -0.2) is 4.39 Å². The zero-order valence-electron chi connectivity index (χ0n) is 8.75. The maximum absolute atomic E-state index is 13.6. The number of hydrogen-bond donors (Lipinski definition) is 2. The summed E-state index contributed by atoms with van der Waals surface area (Å²) < 4.78 is 13.6. The summed E-state index contributed by atoms with van der Waals surface area (Å²) in [5.41, 5.74) is 7.73. The van der Waals surface area contributed by atoms with E-state index in [0.29, 0.717) is 13.0 Å². The van der Waals surface area contributed by atoms with E-state index in [2.05, 4.69) is 11.4 Å². The Morgan fingerprint density at radius 3 is 3.07 bits per heavy atom. The summed E-state index contributed by atoms with van der Waals surface area (Å²) in [4.78, 5) is 0. The fraction of sp³-hybridized carbons (Fsp3) is 0.500. The van der Waals surface area contributed by atoms with Crippen LogP contribution in [-0.4, -0.2) is 18.8 Å². The number of benzene rings is 1. The molecule has 15 heavy (non-hydrogen) atoms. The van der Waals surface area contributed by atoms with Gasteiger partial charge in [-0.05, 0) is 37.4 Å². The van der Waals surface area contributed by atoms with E-state index in [1.54, 1.807) is 0 Å². The molecule has 3 N–H and O–H groups in total. The second-order valence-electron chi connectivity index (χ2n) is 4.04. The predicted octanol–water partition coefficient (Wildman–Crippen LogP) is 2.10. The predicted molar refractivity (Wildman–Crippen MR) is 60.7 cm³/mol. The standard InChI is InChI=1S/C12H17FN2/c13-10(7-8-14)12-6-5-9-3-1-2-4-11(9)15-12/h1-4,10,12,15H,5-8,14H2. The Labute approximate surface area is 89.7 Å². The molecule has 2 unspecified atom stereocenters. The summed E-state index contributed by atoms with van der Waals surface area (Å²) in [6, 6.07) is 8.03. The molecule has 1 aliphatic rings. The zero-order chi connectivity index (χ0) is 10.7. The van der Waals surface area contributed by atoms with E-state index in [1.807, 2.05) is 18.2 Å². The quantitative estimate of drug-likeness (QED) is 0.798. The van der Waals surface area contributed by atoms with Gasteiger partial charge in [-0.3, -0.25) is 0 Å². The van der Waals surface area contributed by atoms with E-state index in [9.17, 15) is 4.39 Å². The Morgan fingerprint density at radius 1 is 1.47 bits per heavy atom. The lowest BCUT2D eigenvalue weighted by molar-refractivity contribution is 0.269. The molecule has 2 nitrogen and oxygen atoms in total. The van der Waals surface area contributed by atoms with Gasteiger partial charge in [0.1, 0.15) is 6.17 Å². The van der Waals surface area contributed by atoms with Crippen molar-refractivity contribution in [2.45, 2.75) is 31.5 Å². The molecule has 0 aliphatic carbocycles. The third-order valence-corrected chi connectivity index (χ3v) is 2.96. The van der Waals surface area contributed by atoms with Crippen molar-refractivity contribution in [3.05, 3.63) is 29.8 Å². The number of fused-ring (bicyclic) bond motifs is 1. The minimum absolute atomic E-state index is 0.0663. The first kappa shape index (κ1) is 10.4. The van der Waals surface area contributed by atoms with Crippen molar-refractivity contribution in [3.63, 3.8) is 0 Å². The van der Waals surface area contributed by atoms with Crippen molar-refractivity contribution in [1.82, 2.24) is 0 Å². The lowest BCUT2D eigenvalue weighted by atomic mass is 9.94. The van der Waals surface area contributed by atoms with Gasteiger partial charge >= 0.3 is 0 Å². The number of halogens is 1. The second kappa shape index (κ2) is 4.62. The number of alkyl halides is 1. The molecule has 0 fully saturated rings. The lowest BCUT2D eigenvalue weighted by Gasteiger charge is -2.29. The minimum Gasteiger partial charge on any atom is -0.379 e. The van der Waals surface area contributed by atoms with E-state index in [0.717, 1.165) is 18.5 Å². The number of nitrogens with one attached hydrogen (secondary N) is 1. The molecule has 0 spiro atoms. The topological polar surface area (TPSA) is 38.0 Å². The lowest BCUT2D eigenvalue weighted by Crippen LogP contribution is -2.35. The van der Waals surface area contributed by atoms with Crippen LogP contribution < -0.4 is 11.1 Å². The molecule has 0 saturated heterocycles. The maximum Gasteiger partial charge on any atom is 0.121 e. The van der Waals surface area contributed by atoms with Gasteiger partial charge in [0.15, 0.2) is 0 Å². The largest absolute Gasteiger partial charge is 0.379 e. The van der Waals surface area contributed by atoms with Crippen LogP contribution in [0.4, 0.5) is 10.1 Å². The van der Waals surface area contributed by atoms with Crippen LogP contribution in [0, 0.1) is 0 Å². The van der Waals surface area contributed by atoms with Gasteiger partial charge in [0, 0.05) is 5.69 Å². The average molecular weight is 208 g/mol. The Hall–Kier alpha value is -1.09. The molecule has 82 valence electrons. The van der Waals surface area contributed by atoms with Crippen LogP contribution in [0.5, 0.6) is 0 Å². The van der Waals surface area contributed by atoms with E-state index in [1.165, 1.54) is 5.56 Å². The second-order valence-corrected chi connectivity index (χ2v) is 4.04. The van der Waals surface area contributed by atoms with E-state index in [-0.39, 0.29) is 6.04 Å². The molecule has 0 aromatic heterocycles. The van der Waals surface area contributed by atoms with E-state index in [4.69, 9.17) is 5.73 Å². The van der Waals surface area contributed by atoms with Crippen LogP contribution in [0.3, 0.4) is 0 Å². The van der Waals surface area contributed by atoms with Gasteiger partial charge in [0.05, 0.1) is 6.04 Å². The van der Waals surface area contributed by atoms with Crippen LogP contribution >= 0.6 is 0 Å². The summed E-state index contributed by atoms with van der Waals surface area (Å²) in [6.45, 7) is 0.418. The molecule has 2 rings (SSSR count). The molecule has 2 atom stereocenters. The van der Waals surface area contributed by atoms with Crippen LogP contribution in [0.1, 0.15) is 18.4 Å². The molecular formula is C12H17FN2. The van der Waals surface area contributed by atoms with Crippen LogP contribution in [-0.2, 0) is 6.42 Å². The van der Waals surface area contributed by atoms with Gasteiger partial charge in [-0.15, -0.1) is 0 Å². The van der Waals surface area contributed by atoms with Crippen LogP contribution in [0.25, 0.3) is 0 Å². The van der Waals surface area contributed by atoms with E-state index >= 15 is 0 Å². The Kier molecular flexibility index (Phi) is 3.21. The fourth-order valence-corrected chi connectivity index (χ4v) is 2.09. The number of hydrogen-bond acceptors (Lipinski definition) is 2. The highest BCUT2D eigenvalue weighted by molar-refractivity contribution is 5.53. The zero-order valence-corrected chi connectivity index (χ0v) is 8.75. The third-order valence-electron chi connectivity index (χ3n) is 2.96. The first-order chi connectivity index (χ1) is 7.31. The molecule has 1 aromatic carbocycles. The van der Waals surface area contributed by atoms with Crippen LogP contribution in [0.15, 0.2) is 24.3 Å². The summed E-state index contributed by atoms with van der Waals surface area (Å²) in [6.07, 6.45) is 1.43. The highest BCUT2D eigenvalue weighted by Crippen LogP contribution is 2.26. The first-order valence-electron chi connectivity index (χ1n) is 5.50. The third kappa shape index (κ3) is 2.29. The van der Waals surface area contributed by atoms with Gasteiger partial charge in [0.2, 0.25) is 0 Å². The molecule has 0 bridgehead atoms. The summed E-state index contributed by atoms with van der Waals surface area (Å²) in [7, 11) is 0. The van der Waals surface area contributed by atoms with Crippen molar-refractivity contribution in [2.75, 3.05) is 11.9 Å². The van der Waals surface area contributed by atoms with Gasteiger partial charge in [0.25, 0.3) is 0 Å². The van der Waals surface area contributed by atoms with Crippen molar-refractivity contribution in [2.24, 2.45) is 5.73 Å². The van der Waals surface area contributed by atoms with Crippen molar-refractivity contribution >= 4 is 5.69 Å². The average Bonchev–Trinajstić information content (AvgIpc) is 2.29. The first-order valence-corrected chi connectivity index (χ1v) is 5.50. The molecule has 0 radical (unpaired) electrons. The number of rotatable bonds is 3. The highest BCUT2D eigenvalue weighted by Gasteiger charge is 2.24. The Morgan fingerprint density at radius 2 is 2.27 bits per heavy atom. The van der Waals surface area contributed by atoms with Crippen LogP contribution in [0.2, 0.25) is 0 Å². The van der Waals surface area contributed by atoms with Crippen molar-refractivity contribution < 1.29 is 4.39 Å². The van der Waals surface area contributed by atoms with Gasteiger partial charge < -0.3 is 11.1 Å². The highest BCUT2D eigenvalue weighted by atomic mass is 19.1. The SMILES string of the molecule is NCCC(F)C1CCc2ccccc2N1. The minimum atomic E-state index is -0.830. The van der Waals surface area contributed by atoms with Crippen molar-refractivity contribution in [1.29, 1.82) is 0 Å². The molecule has 0 saturated carbocycles. The number of nitrogens with two attached hydrogens (primary N) is 1. The number of anilines is 1. The summed E-state index contributed by atoms with van der Waals surface area (Å²) >= 11 is 0. The van der Waals surface area contributed by atoms with E-state index < -0.39 is 6.17 Å². The maximum atomic E-state index is 13.6. The Bertz CT molecular complexity index is 327. The smallest absolute Gasteiger partial charge is 0.121 e. The normalized spacial score (nSPS) is 21.6. The molecule has 1 aliphatic heterocycles. The monoisotopic (exact) mass is 208 g/mol. The number of para-hydroxylation sites is 1. The van der Waals surface area contributed by atoms with Gasteiger partial charge in [-0.2, -0.15) is 0 Å². The molecule has 3 heteroatoms. The van der Waals surface area contributed by atoms with Crippen molar-refractivity contribution in [3.8, 4) is 0 Å². The van der Waals surface area contributed by atoms with Gasteiger partial charge in [-0.1, -0.05) is 18.2 Å². The molecule has 1 heterocycles. The molecule has 0 amide bonds. The summed E-state index contributed by atoms with van der Waals surface area (Å²) in [5.74, 6) is 0. The fourth-order valence-electron chi connectivity index (χ4n) is 2.09. The Balaban J connectivity index is 2.05. The summed E-state index contributed by atoms with van der Waals surface area (Å²) in [5, 5.41) is 3.25. The number of aryl methyl sites for hydroxylation is 1.